The van der Waals surface area contributed by atoms with Crippen molar-refractivity contribution in [3.63, 3.8) is 0 Å². The maximum atomic E-state index is 13.1. The highest BCUT2D eigenvalue weighted by atomic mass is 32.2. The van der Waals surface area contributed by atoms with E-state index in [4.69, 9.17) is 18.0 Å². The number of halogens is 1. The van der Waals surface area contributed by atoms with E-state index in [9.17, 15) is 4.39 Å². The van der Waals surface area contributed by atoms with Crippen LogP contribution in [0.2, 0.25) is 0 Å². The van der Waals surface area contributed by atoms with Crippen LogP contribution in [0.4, 0.5) is 4.39 Å². The molecule has 2 aromatic rings. The molecule has 0 fully saturated rings. The molecule has 0 spiro atoms. The molecular weight excluding hydrogens is 269 g/mol. The zero-order valence-corrected chi connectivity index (χ0v) is 11.8. The first-order chi connectivity index (χ1) is 8.49. The summed E-state index contributed by atoms with van der Waals surface area (Å²) in [5.74, 6) is 0.657. The van der Waals surface area contributed by atoms with Gasteiger partial charge in [-0.3, -0.25) is 0 Å². The highest BCUT2D eigenvalue weighted by Crippen LogP contribution is 2.24. The number of thiocarbonyl (C=S) groups is 1. The monoisotopic (exact) mass is 283 g/mol. The van der Waals surface area contributed by atoms with E-state index in [-0.39, 0.29) is 11.7 Å². The van der Waals surface area contributed by atoms with E-state index in [1.807, 2.05) is 18.5 Å². The van der Waals surface area contributed by atoms with Crippen molar-refractivity contribution < 1.29 is 4.39 Å². The normalized spacial score (nSPS) is 12.8. The van der Waals surface area contributed by atoms with Crippen molar-refractivity contribution >= 4 is 40.0 Å². The van der Waals surface area contributed by atoms with E-state index >= 15 is 0 Å². The number of imidazole rings is 1. The van der Waals surface area contributed by atoms with Gasteiger partial charge in [0.25, 0.3) is 0 Å². The Bertz CT molecular complexity index is 594. The molecule has 0 bridgehead atoms. The Morgan fingerprint density at radius 1 is 1.61 bits per heavy atom. The molecule has 18 heavy (non-hydrogen) atoms. The van der Waals surface area contributed by atoms with Gasteiger partial charge < -0.3 is 10.3 Å². The van der Waals surface area contributed by atoms with E-state index in [0.29, 0.717) is 10.5 Å². The minimum absolute atomic E-state index is 0.154. The lowest BCUT2D eigenvalue weighted by Gasteiger charge is -2.08. The number of nitrogens with zero attached hydrogens (tertiary/aromatic N) is 2. The maximum absolute atomic E-state index is 13.1. The van der Waals surface area contributed by atoms with Crippen LogP contribution in [0.15, 0.2) is 23.4 Å². The molecule has 1 heterocycles. The van der Waals surface area contributed by atoms with Crippen molar-refractivity contribution in [3.8, 4) is 0 Å². The SMILES string of the molecule is CC(CSc1nc2cc(F)ccc2n1C)C(N)=S. The number of fused-ring (bicyclic) bond motifs is 1. The molecule has 0 aliphatic rings. The molecule has 0 saturated carbocycles. The van der Waals surface area contributed by atoms with Crippen LogP contribution in [0.5, 0.6) is 0 Å². The Morgan fingerprint density at radius 2 is 2.33 bits per heavy atom. The van der Waals surface area contributed by atoms with Crippen LogP contribution in [-0.2, 0) is 7.05 Å². The number of nitrogens with two attached hydrogens (primary N) is 1. The summed E-state index contributed by atoms with van der Waals surface area (Å²) in [7, 11) is 1.92. The van der Waals surface area contributed by atoms with Gasteiger partial charge in [0.05, 0.1) is 16.0 Å². The summed E-state index contributed by atoms with van der Waals surface area (Å²) < 4.78 is 15.1. The lowest BCUT2D eigenvalue weighted by Crippen LogP contribution is -2.20. The molecule has 2 rings (SSSR count). The minimum atomic E-state index is -0.270. The summed E-state index contributed by atoms with van der Waals surface area (Å²) in [6.07, 6.45) is 0. The quantitative estimate of drug-likeness (QED) is 0.692. The molecule has 0 saturated heterocycles. The zero-order chi connectivity index (χ0) is 13.3. The second-order valence-corrected chi connectivity index (χ2v) is 5.66. The van der Waals surface area contributed by atoms with Crippen molar-refractivity contribution in [2.45, 2.75) is 12.1 Å². The third-order valence-corrected chi connectivity index (χ3v) is 4.44. The van der Waals surface area contributed by atoms with Crippen molar-refractivity contribution in [2.75, 3.05) is 5.75 Å². The number of aromatic nitrogens is 2. The fourth-order valence-electron chi connectivity index (χ4n) is 1.56. The summed E-state index contributed by atoms with van der Waals surface area (Å²) in [6.45, 7) is 1.98. The van der Waals surface area contributed by atoms with Gasteiger partial charge in [-0.15, -0.1) is 0 Å². The Labute approximate surface area is 115 Å². The molecule has 0 radical (unpaired) electrons. The highest BCUT2D eigenvalue weighted by Gasteiger charge is 2.12. The van der Waals surface area contributed by atoms with E-state index < -0.39 is 0 Å². The Balaban J connectivity index is 2.24. The molecule has 1 unspecified atom stereocenters. The van der Waals surface area contributed by atoms with Gasteiger partial charge >= 0.3 is 0 Å². The molecule has 0 amide bonds. The summed E-state index contributed by atoms with van der Waals surface area (Å²) in [5.41, 5.74) is 7.16. The van der Waals surface area contributed by atoms with Crippen LogP contribution >= 0.6 is 24.0 Å². The molecule has 0 aliphatic heterocycles. The van der Waals surface area contributed by atoms with E-state index in [2.05, 4.69) is 4.98 Å². The molecule has 1 aromatic heterocycles. The van der Waals surface area contributed by atoms with Crippen LogP contribution in [0, 0.1) is 11.7 Å². The molecule has 0 aliphatic carbocycles. The Morgan fingerprint density at radius 3 is 3.00 bits per heavy atom. The van der Waals surface area contributed by atoms with Gasteiger partial charge in [-0.25, -0.2) is 9.37 Å². The number of rotatable bonds is 4. The molecule has 6 heteroatoms. The average Bonchev–Trinajstić information content (AvgIpc) is 2.62. The van der Waals surface area contributed by atoms with Crippen molar-refractivity contribution in [2.24, 2.45) is 18.7 Å². The first kappa shape index (κ1) is 13.3. The number of hydrogen-bond donors (Lipinski definition) is 1. The summed E-state index contributed by atoms with van der Waals surface area (Å²) in [5, 5.41) is 0.846. The van der Waals surface area contributed by atoms with Crippen LogP contribution in [0.3, 0.4) is 0 Å². The number of aryl methyl sites for hydroxylation is 1. The number of hydrogen-bond acceptors (Lipinski definition) is 3. The number of benzene rings is 1. The minimum Gasteiger partial charge on any atom is -0.393 e. The summed E-state index contributed by atoms with van der Waals surface area (Å²) in [6, 6.07) is 4.62. The first-order valence-corrected chi connectivity index (χ1v) is 6.92. The second kappa shape index (κ2) is 5.24. The van der Waals surface area contributed by atoms with Crippen molar-refractivity contribution in [1.82, 2.24) is 9.55 Å². The Hall–Kier alpha value is -1.14. The lowest BCUT2D eigenvalue weighted by molar-refractivity contribution is 0.629. The van der Waals surface area contributed by atoms with E-state index in [0.717, 1.165) is 16.4 Å². The van der Waals surface area contributed by atoms with Gasteiger partial charge in [0.2, 0.25) is 0 Å². The van der Waals surface area contributed by atoms with Gasteiger partial charge in [-0.1, -0.05) is 30.9 Å². The van der Waals surface area contributed by atoms with Crippen LogP contribution in [0.1, 0.15) is 6.92 Å². The fraction of sp³-hybridized carbons (Fsp3) is 0.333. The average molecular weight is 283 g/mol. The van der Waals surface area contributed by atoms with Crippen LogP contribution in [0.25, 0.3) is 11.0 Å². The van der Waals surface area contributed by atoms with Gasteiger partial charge in [0, 0.05) is 24.8 Å². The Kier molecular flexibility index (Phi) is 3.87. The van der Waals surface area contributed by atoms with Crippen LogP contribution in [-0.4, -0.2) is 20.3 Å². The second-order valence-electron chi connectivity index (χ2n) is 4.20. The summed E-state index contributed by atoms with van der Waals surface area (Å²) in [4.78, 5) is 4.91. The molecule has 1 atom stereocenters. The zero-order valence-electron chi connectivity index (χ0n) is 10.2. The topological polar surface area (TPSA) is 43.8 Å². The highest BCUT2D eigenvalue weighted by molar-refractivity contribution is 7.99. The standard InChI is InChI=1S/C12H14FN3S2/c1-7(11(14)17)6-18-12-15-9-5-8(13)3-4-10(9)16(12)2/h3-5,7H,6H2,1-2H3,(H2,14,17). The number of thioether (sulfide) groups is 1. The third-order valence-electron chi connectivity index (χ3n) is 2.75. The van der Waals surface area contributed by atoms with Gasteiger partial charge in [0.1, 0.15) is 5.82 Å². The molecular formula is C12H14FN3S2. The van der Waals surface area contributed by atoms with Crippen molar-refractivity contribution in [1.29, 1.82) is 0 Å². The molecule has 96 valence electrons. The van der Waals surface area contributed by atoms with Gasteiger partial charge in [-0.2, -0.15) is 0 Å². The van der Waals surface area contributed by atoms with Gasteiger partial charge in [-0.05, 0) is 12.1 Å². The predicted molar refractivity (Wildman–Crippen MR) is 77.3 cm³/mol. The smallest absolute Gasteiger partial charge is 0.168 e. The first-order valence-electron chi connectivity index (χ1n) is 5.53. The predicted octanol–water partition coefficient (Wildman–Crippen LogP) is 2.73. The third kappa shape index (κ3) is 2.64. The fourth-order valence-corrected chi connectivity index (χ4v) is 2.78. The van der Waals surface area contributed by atoms with Crippen LogP contribution < -0.4 is 5.73 Å². The molecule has 3 nitrogen and oxygen atoms in total. The maximum Gasteiger partial charge on any atom is 0.168 e. The molecule has 1 aromatic carbocycles. The van der Waals surface area contributed by atoms with Crippen molar-refractivity contribution in [3.05, 3.63) is 24.0 Å². The van der Waals surface area contributed by atoms with Gasteiger partial charge in [0.15, 0.2) is 5.16 Å². The summed E-state index contributed by atoms with van der Waals surface area (Å²) >= 11 is 6.51. The van der Waals surface area contributed by atoms with E-state index in [1.54, 1.807) is 17.8 Å². The lowest BCUT2D eigenvalue weighted by atomic mass is 10.2. The molecule has 2 N–H and O–H groups in total. The van der Waals surface area contributed by atoms with E-state index in [1.165, 1.54) is 12.1 Å². The largest absolute Gasteiger partial charge is 0.393 e.